The molecular formula is C27H37N5O. The van der Waals surface area contributed by atoms with E-state index in [-0.39, 0.29) is 11.8 Å². The van der Waals surface area contributed by atoms with Crippen LogP contribution in [0.3, 0.4) is 0 Å². The van der Waals surface area contributed by atoms with E-state index in [0.717, 1.165) is 24.7 Å². The lowest BCUT2D eigenvalue weighted by atomic mass is 9.90. The number of para-hydroxylation sites is 1. The second-order valence-electron chi connectivity index (χ2n) is 9.20. The number of hydrogen-bond donors (Lipinski definition) is 3. The average Bonchev–Trinajstić information content (AvgIpc) is 2.83. The van der Waals surface area contributed by atoms with Crippen molar-refractivity contribution in [3.63, 3.8) is 0 Å². The Bertz CT molecular complexity index is 972. The summed E-state index contributed by atoms with van der Waals surface area (Å²) in [6, 6.07) is 17.4. The van der Waals surface area contributed by atoms with Gasteiger partial charge in [0.25, 0.3) is 0 Å². The van der Waals surface area contributed by atoms with Crippen molar-refractivity contribution in [1.29, 1.82) is 0 Å². The first-order valence-corrected chi connectivity index (χ1v) is 12.4. The molecule has 2 atom stereocenters. The minimum atomic E-state index is 0.0725. The fraction of sp³-hybridized carbons (Fsp3) is 0.481. The molecule has 0 bridgehead atoms. The lowest BCUT2D eigenvalue weighted by Crippen LogP contribution is -2.40. The van der Waals surface area contributed by atoms with Crippen LogP contribution in [-0.2, 0) is 17.9 Å². The van der Waals surface area contributed by atoms with Crippen molar-refractivity contribution in [1.82, 2.24) is 15.5 Å². The Morgan fingerprint density at radius 3 is 2.70 bits per heavy atom. The van der Waals surface area contributed by atoms with Gasteiger partial charge in [0.15, 0.2) is 5.96 Å². The van der Waals surface area contributed by atoms with Gasteiger partial charge >= 0.3 is 0 Å². The maximum Gasteiger partial charge on any atom is 0.225 e. The summed E-state index contributed by atoms with van der Waals surface area (Å²) in [5.74, 6) is 0.997. The van der Waals surface area contributed by atoms with Crippen molar-refractivity contribution in [2.24, 2.45) is 4.99 Å². The molecule has 3 N–H and O–H groups in total. The van der Waals surface area contributed by atoms with Crippen LogP contribution in [-0.4, -0.2) is 42.4 Å². The maximum absolute atomic E-state index is 12.2. The number of likely N-dealkylation sites (tertiary alicyclic amines) is 1. The molecule has 0 aromatic heterocycles. The summed E-state index contributed by atoms with van der Waals surface area (Å²) >= 11 is 0. The minimum Gasteiger partial charge on any atom is -0.357 e. The first-order chi connectivity index (χ1) is 16.1. The van der Waals surface area contributed by atoms with Crippen LogP contribution in [0.4, 0.5) is 5.69 Å². The molecule has 6 heteroatoms. The largest absolute Gasteiger partial charge is 0.357 e. The molecule has 2 aliphatic heterocycles. The number of aliphatic imine (C=N–C) groups is 1. The summed E-state index contributed by atoms with van der Waals surface area (Å²) < 4.78 is 0. The molecule has 1 amide bonds. The first-order valence-electron chi connectivity index (χ1n) is 12.4. The van der Waals surface area contributed by atoms with Crippen LogP contribution >= 0.6 is 0 Å². The van der Waals surface area contributed by atoms with Gasteiger partial charge in [-0.2, -0.15) is 0 Å². The molecule has 0 aliphatic carbocycles. The Kier molecular flexibility index (Phi) is 8.00. The molecule has 2 aromatic carbocycles. The van der Waals surface area contributed by atoms with E-state index in [0.29, 0.717) is 25.6 Å². The third-order valence-corrected chi connectivity index (χ3v) is 6.81. The summed E-state index contributed by atoms with van der Waals surface area (Å²) in [6.07, 6.45) is 4.41. The van der Waals surface area contributed by atoms with Crippen LogP contribution < -0.4 is 16.0 Å². The lowest BCUT2D eigenvalue weighted by Gasteiger charge is -2.33. The third-order valence-electron chi connectivity index (χ3n) is 6.81. The Balaban J connectivity index is 1.42. The number of nitrogens with zero attached hydrogens (tertiary/aromatic N) is 2. The predicted molar refractivity (Wildman–Crippen MR) is 135 cm³/mol. The van der Waals surface area contributed by atoms with Crippen LogP contribution in [0.15, 0.2) is 53.5 Å². The van der Waals surface area contributed by atoms with Gasteiger partial charge in [-0.3, -0.25) is 9.69 Å². The van der Waals surface area contributed by atoms with Crippen molar-refractivity contribution >= 4 is 17.6 Å². The third kappa shape index (κ3) is 6.14. The molecule has 4 rings (SSSR count). The van der Waals surface area contributed by atoms with Gasteiger partial charge in [-0.25, -0.2) is 4.99 Å². The van der Waals surface area contributed by atoms with Crippen LogP contribution in [0.25, 0.3) is 0 Å². The van der Waals surface area contributed by atoms with Gasteiger partial charge in [-0.15, -0.1) is 0 Å². The van der Waals surface area contributed by atoms with Gasteiger partial charge in [0, 0.05) is 43.7 Å². The molecule has 2 heterocycles. The van der Waals surface area contributed by atoms with Crippen molar-refractivity contribution in [2.75, 3.05) is 25.0 Å². The van der Waals surface area contributed by atoms with Crippen LogP contribution in [0.5, 0.6) is 0 Å². The van der Waals surface area contributed by atoms with Crippen LogP contribution in [0.1, 0.15) is 62.1 Å². The summed E-state index contributed by atoms with van der Waals surface area (Å²) in [5, 5.41) is 9.82. The topological polar surface area (TPSA) is 68.8 Å². The number of piperidine rings is 1. The van der Waals surface area contributed by atoms with Gasteiger partial charge in [-0.1, -0.05) is 48.9 Å². The smallest absolute Gasteiger partial charge is 0.225 e. The van der Waals surface area contributed by atoms with Gasteiger partial charge in [0.2, 0.25) is 5.91 Å². The summed E-state index contributed by atoms with van der Waals surface area (Å²) in [7, 11) is 0. The fourth-order valence-corrected chi connectivity index (χ4v) is 4.89. The van der Waals surface area contributed by atoms with Gasteiger partial charge < -0.3 is 16.0 Å². The lowest BCUT2D eigenvalue weighted by molar-refractivity contribution is -0.116. The molecule has 0 saturated carbocycles. The highest BCUT2D eigenvalue weighted by Gasteiger charge is 2.25. The van der Waals surface area contributed by atoms with E-state index >= 15 is 0 Å². The monoisotopic (exact) mass is 447 g/mol. The molecule has 1 saturated heterocycles. The number of anilines is 1. The van der Waals surface area contributed by atoms with E-state index in [4.69, 9.17) is 4.99 Å². The molecule has 0 spiro atoms. The zero-order valence-electron chi connectivity index (χ0n) is 19.9. The maximum atomic E-state index is 12.2. The summed E-state index contributed by atoms with van der Waals surface area (Å²) in [4.78, 5) is 19.6. The quantitative estimate of drug-likeness (QED) is 0.439. The molecule has 2 aliphatic rings. The Morgan fingerprint density at radius 2 is 1.88 bits per heavy atom. The molecule has 176 valence electrons. The van der Waals surface area contributed by atoms with E-state index in [1.54, 1.807) is 0 Å². The Morgan fingerprint density at radius 1 is 1.09 bits per heavy atom. The molecule has 0 radical (unpaired) electrons. The molecule has 33 heavy (non-hydrogen) atoms. The Hall–Kier alpha value is -2.86. The van der Waals surface area contributed by atoms with E-state index in [2.05, 4.69) is 65.0 Å². The number of fused-ring (bicyclic) bond motifs is 1. The second kappa shape index (κ2) is 11.3. The van der Waals surface area contributed by atoms with E-state index in [1.165, 1.54) is 42.5 Å². The van der Waals surface area contributed by atoms with E-state index in [1.807, 2.05) is 18.2 Å². The standard InChI is InChI=1S/C27H37N5O/c1-3-28-27(30-18-23-16-26(33)31-25-14-7-6-13-24(23)25)29-17-21-11-4-5-12-22(21)19-32-15-9-8-10-20(32)2/h4-7,11-14,20,23H,3,8-10,15-19H2,1-2H3,(H,31,33)(H2,28,29,30). The number of carbonyl (C=O) groups is 1. The number of amides is 1. The van der Waals surface area contributed by atoms with Gasteiger partial charge in [0.05, 0.1) is 6.54 Å². The zero-order chi connectivity index (χ0) is 23.0. The highest BCUT2D eigenvalue weighted by Crippen LogP contribution is 2.31. The highest BCUT2D eigenvalue weighted by atomic mass is 16.1. The Labute approximate surface area is 197 Å². The first kappa shape index (κ1) is 23.3. The normalized spacial score (nSPS) is 21.3. The second-order valence-corrected chi connectivity index (χ2v) is 9.20. The fourth-order valence-electron chi connectivity index (χ4n) is 4.89. The minimum absolute atomic E-state index is 0.0725. The van der Waals surface area contributed by atoms with Crippen molar-refractivity contribution in [3.8, 4) is 0 Å². The van der Waals surface area contributed by atoms with Crippen molar-refractivity contribution in [2.45, 2.75) is 64.6 Å². The SMILES string of the molecule is CCNC(=NCc1ccccc1CN1CCCCC1C)NCC1CC(=O)Nc2ccccc21. The number of hydrogen-bond acceptors (Lipinski definition) is 3. The number of guanidine groups is 1. The van der Waals surface area contributed by atoms with Crippen LogP contribution in [0, 0.1) is 0 Å². The van der Waals surface area contributed by atoms with Gasteiger partial charge in [0.1, 0.15) is 0 Å². The number of benzene rings is 2. The van der Waals surface area contributed by atoms with Gasteiger partial charge in [-0.05, 0) is 56.0 Å². The van der Waals surface area contributed by atoms with E-state index < -0.39 is 0 Å². The number of rotatable bonds is 7. The zero-order valence-corrected chi connectivity index (χ0v) is 19.9. The van der Waals surface area contributed by atoms with Crippen molar-refractivity contribution < 1.29 is 4.79 Å². The summed E-state index contributed by atoms with van der Waals surface area (Å²) in [5.41, 5.74) is 4.74. The molecule has 6 nitrogen and oxygen atoms in total. The highest BCUT2D eigenvalue weighted by molar-refractivity contribution is 5.94. The van der Waals surface area contributed by atoms with Crippen molar-refractivity contribution in [3.05, 3.63) is 65.2 Å². The summed E-state index contributed by atoms with van der Waals surface area (Å²) in [6.45, 7) is 8.69. The molecule has 2 unspecified atom stereocenters. The number of nitrogens with one attached hydrogen (secondary N) is 3. The molecule has 1 fully saturated rings. The predicted octanol–water partition coefficient (Wildman–Crippen LogP) is 4.24. The molecular weight excluding hydrogens is 410 g/mol. The molecule has 2 aromatic rings. The van der Waals surface area contributed by atoms with Crippen LogP contribution in [0.2, 0.25) is 0 Å². The number of carbonyl (C=O) groups excluding carboxylic acids is 1. The van der Waals surface area contributed by atoms with E-state index in [9.17, 15) is 4.79 Å². The average molecular weight is 448 g/mol.